The third kappa shape index (κ3) is 5.18. The Bertz CT molecular complexity index is 2890. The molecule has 8 aromatic rings. The Morgan fingerprint density at radius 1 is 0.667 bits per heavy atom. The summed E-state index contributed by atoms with van der Waals surface area (Å²) < 4.78 is 6.75. The van der Waals surface area contributed by atoms with Gasteiger partial charge in [0.2, 0.25) is 0 Å². The van der Waals surface area contributed by atoms with Crippen molar-refractivity contribution >= 4 is 74.7 Å². The minimum absolute atomic E-state index is 0.214. The van der Waals surface area contributed by atoms with Crippen molar-refractivity contribution in [3.05, 3.63) is 186 Å². The van der Waals surface area contributed by atoms with Gasteiger partial charge in [0.05, 0.1) is 28.0 Å². The largest absolute Gasteiger partial charge is 0.344 e. The fraction of sp³-hybridized carbons (Fsp3) is 0.0217. The molecule has 3 heterocycles. The molecule has 0 fully saturated rings. The van der Waals surface area contributed by atoms with E-state index in [4.69, 9.17) is 15.0 Å². The van der Waals surface area contributed by atoms with Gasteiger partial charge in [-0.15, -0.1) is 0 Å². The number of para-hydroxylation sites is 3. The molecule has 2 aliphatic rings. The lowest BCUT2D eigenvalue weighted by molar-refractivity contribution is 0.674. The molecule has 0 amide bonds. The summed E-state index contributed by atoms with van der Waals surface area (Å²) in [5.74, 6) is 1.09. The summed E-state index contributed by atoms with van der Waals surface area (Å²) in [6, 6.07) is 53.6. The number of rotatable bonds is 5. The maximum absolute atomic E-state index is 9.61. The molecule has 256 valence electrons. The van der Waals surface area contributed by atoms with Crippen LogP contribution < -0.4 is 5.32 Å². The number of amidine groups is 2. The van der Waals surface area contributed by atoms with Crippen LogP contribution in [0.15, 0.2) is 178 Å². The SMILES string of the molecule is N=C1C(C2=NC(c3ccccc3)=NC(c3cccc(-n4c5ccccc5c5ccccc54)c3)N2)=Cc2c(-c3ccccc3)nc3ccccc3c2/C1=N/S. The van der Waals surface area contributed by atoms with Gasteiger partial charge in [-0.1, -0.05) is 127 Å². The molecule has 10 rings (SSSR count). The number of thiol groups is 1. The fourth-order valence-corrected chi connectivity index (χ4v) is 7.90. The molecule has 0 radical (unpaired) electrons. The molecule has 1 aliphatic heterocycles. The zero-order valence-corrected chi connectivity index (χ0v) is 29.7. The highest BCUT2D eigenvalue weighted by atomic mass is 32.1. The molecular formula is C46H31N7S. The second-order valence-electron chi connectivity index (χ2n) is 13.3. The van der Waals surface area contributed by atoms with Crippen molar-refractivity contribution in [1.29, 1.82) is 5.41 Å². The molecule has 1 atom stereocenters. The molecule has 8 heteroatoms. The predicted octanol–water partition coefficient (Wildman–Crippen LogP) is 10.2. The monoisotopic (exact) mass is 713 g/mol. The second kappa shape index (κ2) is 12.9. The van der Waals surface area contributed by atoms with Gasteiger partial charge in [0.15, 0.2) is 5.84 Å². The number of aromatic nitrogens is 2. The third-order valence-electron chi connectivity index (χ3n) is 10.2. The van der Waals surface area contributed by atoms with Crippen LogP contribution >= 0.6 is 12.8 Å². The molecule has 0 saturated heterocycles. The first-order valence-electron chi connectivity index (χ1n) is 17.8. The molecule has 1 aliphatic carbocycles. The predicted molar refractivity (Wildman–Crippen MR) is 225 cm³/mol. The third-order valence-corrected chi connectivity index (χ3v) is 10.4. The van der Waals surface area contributed by atoms with Gasteiger partial charge in [-0.3, -0.25) is 5.41 Å². The van der Waals surface area contributed by atoms with Gasteiger partial charge in [0.1, 0.15) is 17.7 Å². The summed E-state index contributed by atoms with van der Waals surface area (Å²) in [5.41, 5.74) is 10.7. The highest BCUT2D eigenvalue weighted by Gasteiger charge is 2.33. The first kappa shape index (κ1) is 31.8. The van der Waals surface area contributed by atoms with Crippen molar-refractivity contribution in [2.45, 2.75) is 6.17 Å². The summed E-state index contributed by atoms with van der Waals surface area (Å²) in [6.45, 7) is 0. The van der Waals surface area contributed by atoms with Crippen LogP contribution in [0.25, 0.3) is 55.7 Å². The Labute approximate surface area is 316 Å². The minimum Gasteiger partial charge on any atom is -0.344 e. The molecule has 0 bridgehead atoms. The molecule has 54 heavy (non-hydrogen) atoms. The number of hydrogen-bond acceptors (Lipinski definition) is 7. The Kier molecular flexibility index (Phi) is 7.63. The zero-order chi connectivity index (χ0) is 36.2. The van der Waals surface area contributed by atoms with Crippen LogP contribution in [0, 0.1) is 5.41 Å². The van der Waals surface area contributed by atoms with Crippen LogP contribution in [-0.4, -0.2) is 32.6 Å². The highest BCUT2D eigenvalue weighted by molar-refractivity contribution is 7.79. The van der Waals surface area contributed by atoms with Gasteiger partial charge in [-0.2, -0.15) is 0 Å². The van der Waals surface area contributed by atoms with Gasteiger partial charge in [0.25, 0.3) is 0 Å². The fourth-order valence-electron chi connectivity index (χ4n) is 7.70. The van der Waals surface area contributed by atoms with Gasteiger partial charge in [-0.05, 0) is 54.8 Å². The van der Waals surface area contributed by atoms with Gasteiger partial charge < -0.3 is 9.88 Å². The first-order valence-corrected chi connectivity index (χ1v) is 18.2. The smallest absolute Gasteiger partial charge is 0.159 e. The Balaban J connectivity index is 1.15. The van der Waals surface area contributed by atoms with Crippen molar-refractivity contribution in [3.63, 3.8) is 0 Å². The Hall–Kier alpha value is -6.90. The zero-order valence-electron chi connectivity index (χ0n) is 28.8. The molecule has 1 unspecified atom stereocenters. The minimum atomic E-state index is -0.504. The number of pyridine rings is 1. The Morgan fingerprint density at radius 3 is 2.00 bits per heavy atom. The average molecular weight is 714 g/mol. The molecule has 6 aromatic carbocycles. The van der Waals surface area contributed by atoms with Crippen molar-refractivity contribution < 1.29 is 0 Å². The van der Waals surface area contributed by atoms with Crippen LogP contribution in [0.2, 0.25) is 0 Å². The number of nitrogens with one attached hydrogen (secondary N) is 2. The summed E-state index contributed by atoms with van der Waals surface area (Å²) in [5, 5.41) is 16.6. The summed E-state index contributed by atoms with van der Waals surface area (Å²) in [4.78, 5) is 15.4. The maximum Gasteiger partial charge on any atom is 0.159 e. The molecule has 7 nitrogen and oxygen atoms in total. The first-order chi connectivity index (χ1) is 26.7. The number of aliphatic imine (C=N–C) groups is 2. The molecule has 0 saturated carbocycles. The molecular weight excluding hydrogens is 683 g/mol. The lowest BCUT2D eigenvalue weighted by Gasteiger charge is -2.28. The van der Waals surface area contributed by atoms with Crippen molar-refractivity contribution in [3.8, 4) is 16.9 Å². The van der Waals surface area contributed by atoms with E-state index in [1.165, 1.54) is 10.8 Å². The summed E-state index contributed by atoms with van der Waals surface area (Å²) in [7, 11) is 0. The molecule has 2 aromatic heterocycles. The lowest BCUT2D eigenvalue weighted by atomic mass is 9.84. The van der Waals surface area contributed by atoms with Crippen LogP contribution in [-0.2, 0) is 0 Å². The van der Waals surface area contributed by atoms with Crippen molar-refractivity contribution in [1.82, 2.24) is 14.9 Å². The average Bonchev–Trinajstić information content (AvgIpc) is 3.58. The quantitative estimate of drug-likeness (QED) is 0.155. The summed E-state index contributed by atoms with van der Waals surface area (Å²) in [6.07, 6.45) is 1.52. The Morgan fingerprint density at radius 2 is 1.30 bits per heavy atom. The van der Waals surface area contributed by atoms with Gasteiger partial charge in [-0.25, -0.2) is 19.4 Å². The molecule has 0 spiro atoms. The van der Waals surface area contributed by atoms with E-state index in [0.717, 1.165) is 61.1 Å². The van der Waals surface area contributed by atoms with E-state index >= 15 is 0 Å². The highest BCUT2D eigenvalue weighted by Crippen LogP contribution is 2.38. The van der Waals surface area contributed by atoms with E-state index in [9.17, 15) is 5.41 Å². The van der Waals surface area contributed by atoms with Crippen LogP contribution in [0.4, 0.5) is 0 Å². The standard InChI is InChI=1S/C46H31N7S/c47-41-36(27-35-40(43(41)52-54)34-22-7-10-23-37(34)48-42(35)28-14-3-1-4-15-28)46-50-44(29-16-5-2-6-17-29)49-45(51-46)30-18-13-19-31(26-30)53-38-24-11-8-20-32(38)33-21-9-12-25-39(33)53/h1-27,45,47,54H,(H,49,50,51)/b47-41?,52-43-. The van der Waals surface area contributed by atoms with Gasteiger partial charge >= 0.3 is 0 Å². The molecule has 2 N–H and O–H groups in total. The summed E-state index contributed by atoms with van der Waals surface area (Å²) >= 11 is 4.45. The van der Waals surface area contributed by atoms with E-state index in [-0.39, 0.29) is 5.71 Å². The number of fused-ring (bicyclic) bond motifs is 6. The van der Waals surface area contributed by atoms with E-state index in [0.29, 0.717) is 23.0 Å². The normalized spacial score (nSPS) is 16.2. The van der Waals surface area contributed by atoms with E-state index in [1.807, 2.05) is 78.9 Å². The van der Waals surface area contributed by atoms with E-state index in [2.05, 4.69) is 112 Å². The maximum atomic E-state index is 9.61. The number of benzene rings is 6. The van der Waals surface area contributed by atoms with E-state index < -0.39 is 6.17 Å². The lowest BCUT2D eigenvalue weighted by Crippen LogP contribution is -2.38. The van der Waals surface area contributed by atoms with Crippen LogP contribution in [0.1, 0.15) is 28.4 Å². The van der Waals surface area contributed by atoms with Gasteiger partial charge in [0, 0.05) is 49.7 Å². The topological polar surface area (TPSA) is 90.8 Å². The second-order valence-corrected chi connectivity index (χ2v) is 13.5. The van der Waals surface area contributed by atoms with Crippen molar-refractivity contribution in [2.75, 3.05) is 0 Å². The number of hydrogen-bond donors (Lipinski definition) is 3. The van der Waals surface area contributed by atoms with Crippen LogP contribution in [0.3, 0.4) is 0 Å². The number of nitrogens with zero attached hydrogens (tertiary/aromatic N) is 5. The van der Waals surface area contributed by atoms with E-state index in [1.54, 1.807) is 0 Å². The van der Waals surface area contributed by atoms with Crippen molar-refractivity contribution in [2.24, 2.45) is 14.4 Å². The van der Waals surface area contributed by atoms with Crippen LogP contribution in [0.5, 0.6) is 0 Å².